The third-order valence-corrected chi connectivity index (χ3v) is 4.58. The lowest BCUT2D eigenvalue weighted by atomic mass is 10.1. The van der Waals surface area contributed by atoms with Crippen molar-refractivity contribution >= 4 is 35.2 Å². The lowest BCUT2D eigenvalue weighted by Crippen LogP contribution is -2.52. The lowest BCUT2D eigenvalue weighted by Gasteiger charge is -2.31. The summed E-state index contributed by atoms with van der Waals surface area (Å²) < 4.78 is 44.1. The first kappa shape index (κ1) is 18.8. The predicted octanol–water partition coefficient (Wildman–Crippen LogP) is 3.56. The zero-order chi connectivity index (χ0) is 19.9. The van der Waals surface area contributed by atoms with Gasteiger partial charge in [0.25, 0.3) is 11.8 Å². The second kappa shape index (κ2) is 6.66. The minimum Gasteiger partial charge on any atom is -0.457 e. The molecule has 0 atom stereocenters. The van der Waals surface area contributed by atoms with E-state index in [4.69, 9.17) is 16.6 Å². The first-order valence-electron chi connectivity index (χ1n) is 7.69. The summed E-state index contributed by atoms with van der Waals surface area (Å²) in [6, 6.07) is 7.61. The van der Waals surface area contributed by atoms with E-state index in [1.54, 1.807) is 0 Å². The quantitative estimate of drug-likeness (QED) is 0.444. The van der Waals surface area contributed by atoms with Gasteiger partial charge in [0.2, 0.25) is 0 Å². The first-order valence-corrected chi connectivity index (χ1v) is 8.09. The average Bonchev–Trinajstić information content (AvgIpc) is 3.10. The average molecular weight is 394 g/mol. The molecule has 0 N–H and O–H groups in total. The number of alkyl halides is 3. The van der Waals surface area contributed by atoms with E-state index in [-0.39, 0.29) is 27.8 Å². The Morgan fingerprint density at radius 1 is 1.04 bits per heavy atom. The van der Waals surface area contributed by atoms with Crippen LogP contribution in [0.3, 0.4) is 0 Å². The van der Waals surface area contributed by atoms with E-state index in [2.05, 4.69) is 0 Å². The summed E-state index contributed by atoms with van der Waals surface area (Å²) in [7, 11) is 2.88. The van der Waals surface area contributed by atoms with Gasteiger partial charge in [-0.25, -0.2) is 0 Å². The van der Waals surface area contributed by atoms with E-state index in [1.165, 1.54) is 44.4 Å². The van der Waals surface area contributed by atoms with Crippen LogP contribution in [0.1, 0.15) is 11.3 Å². The normalized spacial score (nSPS) is 15.6. The van der Waals surface area contributed by atoms with E-state index in [1.807, 2.05) is 0 Å². The molecule has 2 heterocycles. The molecule has 1 fully saturated rings. The van der Waals surface area contributed by atoms with Gasteiger partial charge in [-0.15, -0.1) is 0 Å². The van der Waals surface area contributed by atoms with Gasteiger partial charge in [-0.1, -0.05) is 12.1 Å². The van der Waals surface area contributed by atoms with Crippen LogP contribution in [-0.4, -0.2) is 40.8 Å². The van der Waals surface area contributed by atoms with E-state index in [9.17, 15) is 22.8 Å². The highest BCUT2D eigenvalue weighted by atomic mass is 32.1. The van der Waals surface area contributed by atoms with Crippen LogP contribution in [0.5, 0.6) is 0 Å². The van der Waals surface area contributed by atoms with Crippen molar-refractivity contribution in [3.05, 3.63) is 53.3 Å². The fourth-order valence-electron chi connectivity index (χ4n) is 2.55. The summed E-state index contributed by atoms with van der Waals surface area (Å²) in [5.41, 5.74) is -0.726. The largest absolute Gasteiger partial charge is 0.457 e. The number of hydrogen-bond acceptors (Lipinski definition) is 4. The molecule has 2 amide bonds. The van der Waals surface area contributed by atoms with Crippen molar-refractivity contribution in [2.45, 2.75) is 6.18 Å². The monoisotopic (exact) mass is 394 g/mol. The van der Waals surface area contributed by atoms with Crippen LogP contribution < -0.4 is 0 Å². The molecule has 3 rings (SSSR count). The number of carbonyl (C=O) groups excluding carboxylic acids is 2. The molecule has 0 unspecified atom stereocenters. The van der Waals surface area contributed by atoms with Gasteiger partial charge in [0.05, 0.1) is 5.56 Å². The summed E-state index contributed by atoms with van der Waals surface area (Å²) >= 11 is 5.00. The predicted molar refractivity (Wildman–Crippen MR) is 95.3 cm³/mol. The Hall–Kier alpha value is -2.94. The summed E-state index contributed by atoms with van der Waals surface area (Å²) in [6.07, 6.45) is -3.22. The number of amides is 2. The van der Waals surface area contributed by atoms with Crippen molar-refractivity contribution in [3.63, 3.8) is 0 Å². The maximum absolute atomic E-state index is 12.9. The number of rotatable bonds is 2. The summed E-state index contributed by atoms with van der Waals surface area (Å²) in [5.74, 6) is -0.824. The lowest BCUT2D eigenvalue weighted by molar-refractivity contribution is -0.137. The van der Waals surface area contributed by atoms with Crippen LogP contribution in [0.15, 0.2) is 46.4 Å². The maximum Gasteiger partial charge on any atom is 0.416 e. The number of thiocarbonyl (C=S) groups is 1. The molecule has 1 aliphatic rings. The number of benzene rings is 1. The molecule has 27 heavy (non-hydrogen) atoms. The number of halogens is 3. The van der Waals surface area contributed by atoms with Gasteiger partial charge in [0.15, 0.2) is 5.11 Å². The number of furan rings is 1. The van der Waals surface area contributed by atoms with Gasteiger partial charge in [0.1, 0.15) is 17.1 Å². The highest BCUT2D eigenvalue weighted by molar-refractivity contribution is 7.80. The highest BCUT2D eigenvalue weighted by Gasteiger charge is 2.35. The molecule has 140 valence electrons. The van der Waals surface area contributed by atoms with Crippen LogP contribution in [0.4, 0.5) is 13.2 Å². The van der Waals surface area contributed by atoms with Crippen LogP contribution in [0.25, 0.3) is 17.4 Å². The Kier molecular flexibility index (Phi) is 4.64. The summed E-state index contributed by atoms with van der Waals surface area (Å²) in [6.45, 7) is 0. The zero-order valence-electron chi connectivity index (χ0n) is 14.2. The van der Waals surface area contributed by atoms with Crippen molar-refractivity contribution < 1.29 is 27.2 Å². The van der Waals surface area contributed by atoms with Crippen molar-refractivity contribution in [2.24, 2.45) is 0 Å². The molecule has 1 saturated heterocycles. The van der Waals surface area contributed by atoms with Gasteiger partial charge >= 0.3 is 6.18 Å². The second-order valence-electron chi connectivity index (χ2n) is 5.85. The molecule has 1 aromatic carbocycles. The SMILES string of the molecule is CN1C(=O)C(=Cc2ccc(-c3cccc(C(F)(F)F)c3)o2)C(=O)N(C)C1=S. The van der Waals surface area contributed by atoms with Crippen LogP contribution in [0.2, 0.25) is 0 Å². The fourth-order valence-corrected chi connectivity index (χ4v) is 2.72. The third-order valence-electron chi connectivity index (χ3n) is 4.03. The number of likely N-dealkylation sites (N-methyl/N-ethyl adjacent to an activating group) is 2. The molecule has 1 aliphatic heterocycles. The Morgan fingerprint density at radius 2 is 1.67 bits per heavy atom. The molecule has 0 radical (unpaired) electrons. The number of hydrogen-bond donors (Lipinski definition) is 0. The van der Waals surface area contributed by atoms with Gasteiger partial charge in [0, 0.05) is 19.7 Å². The van der Waals surface area contributed by atoms with E-state index in [0.29, 0.717) is 0 Å². The first-order chi connectivity index (χ1) is 12.6. The summed E-state index contributed by atoms with van der Waals surface area (Å²) in [5, 5.41) is 0.0752. The number of nitrogens with zero attached hydrogens (tertiary/aromatic N) is 2. The van der Waals surface area contributed by atoms with Crippen LogP contribution in [0, 0.1) is 0 Å². The van der Waals surface area contributed by atoms with Gasteiger partial charge in [-0.05, 0) is 42.6 Å². The smallest absolute Gasteiger partial charge is 0.416 e. The molecule has 0 bridgehead atoms. The van der Waals surface area contributed by atoms with E-state index in [0.717, 1.165) is 21.9 Å². The van der Waals surface area contributed by atoms with E-state index < -0.39 is 23.6 Å². The third kappa shape index (κ3) is 3.50. The van der Waals surface area contributed by atoms with Crippen molar-refractivity contribution in [1.29, 1.82) is 0 Å². The molecule has 2 aromatic rings. The van der Waals surface area contributed by atoms with Gasteiger partial charge in [-0.2, -0.15) is 13.2 Å². The second-order valence-corrected chi connectivity index (χ2v) is 6.21. The van der Waals surface area contributed by atoms with Crippen molar-refractivity contribution in [2.75, 3.05) is 14.1 Å². The Labute approximate surface area is 157 Å². The van der Waals surface area contributed by atoms with Crippen molar-refractivity contribution in [1.82, 2.24) is 9.80 Å². The topological polar surface area (TPSA) is 53.8 Å². The van der Waals surface area contributed by atoms with E-state index >= 15 is 0 Å². The van der Waals surface area contributed by atoms with Crippen LogP contribution >= 0.6 is 12.2 Å². The summed E-state index contributed by atoms with van der Waals surface area (Å²) in [4.78, 5) is 26.9. The molecule has 0 spiro atoms. The molecule has 0 saturated carbocycles. The standard InChI is InChI=1S/C18H13F3N2O3S/c1-22-15(24)13(16(25)23(2)17(22)27)9-12-6-7-14(26-12)10-4-3-5-11(8-10)18(19,20)21/h3-9H,1-2H3. The Bertz CT molecular complexity index is 952. The van der Waals surface area contributed by atoms with Crippen molar-refractivity contribution in [3.8, 4) is 11.3 Å². The molecule has 0 aliphatic carbocycles. The molecular formula is C18H13F3N2O3S. The Balaban J connectivity index is 1.95. The van der Waals surface area contributed by atoms with Gasteiger partial charge < -0.3 is 4.42 Å². The Morgan fingerprint density at radius 3 is 2.26 bits per heavy atom. The molecule has 5 nitrogen and oxygen atoms in total. The van der Waals surface area contributed by atoms with Gasteiger partial charge in [-0.3, -0.25) is 19.4 Å². The fraction of sp³-hybridized carbons (Fsp3) is 0.167. The number of carbonyl (C=O) groups is 2. The van der Waals surface area contributed by atoms with Crippen LogP contribution in [-0.2, 0) is 15.8 Å². The zero-order valence-corrected chi connectivity index (χ0v) is 15.0. The molecule has 9 heteroatoms. The maximum atomic E-state index is 12.9. The highest BCUT2D eigenvalue weighted by Crippen LogP contribution is 2.33. The minimum absolute atomic E-state index is 0.0752. The molecule has 1 aromatic heterocycles. The molecular weight excluding hydrogens is 381 g/mol. The minimum atomic E-state index is -4.47.